The second kappa shape index (κ2) is 12.7. The van der Waals surface area contributed by atoms with Gasteiger partial charge in [-0.05, 0) is 12.8 Å². The Morgan fingerprint density at radius 2 is 1.47 bits per heavy atom. The van der Waals surface area contributed by atoms with Crippen molar-refractivity contribution in [3.05, 3.63) is 0 Å². The Hall–Kier alpha value is -0.290. The highest BCUT2D eigenvalue weighted by molar-refractivity contribution is 8.22. The number of carbonyl (C=O) groups is 1. The van der Waals surface area contributed by atoms with Gasteiger partial charge in [0.1, 0.15) is 4.32 Å². The van der Waals surface area contributed by atoms with Crippen molar-refractivity contribution in [3.8, 4) is 0 Å². The summed E-state index contributed by atoms with van der Waals surface area (Å²) in [5.74, 6) is 0.448. The summed E-state index contributed by atoms with van der Waals surface area (Å²) in [6.07, 6.45) is 9.69. The number of nitrogens with zero attached hydrogens (tertiary/aromatic N) is 1. The summed E-state index contributed by atoms with van der Waals surface area (Å²) >= 11 is 6.97. The van der Waals surface area contributed by atoms with Crippen molar-refractivity contribution in [2.45, 2.75) is 57.8 Å². The highest BCUT2D eigenvalue weighted by Crippen LogP contribution is 2.13. The maximum absolute atomic E-state index is 10.3. The van der Waals surface area contributed by atoms with Gasteiger partial charge in [-0.15, -0.1) is 0 Å². The molecule has 3 nitrogen and oxygen atoms in total. The molecule has 19 heavy (non-hydrogen) atoms. The molecule has 0 amide bonds. The molecule has 0 aliphatic carbocycles. The minimum Gasteiger partial charge on any atom is -0.481 e. The molecule has 0 fully saturated rings. The van der Waals surface area contributed by atoms with E-state index in [0.717, 1.165) is 22.9 Å². The van der Waals surface area contributed by atoms with Crippen molar-refractivity contribution >= 4 is 34.3 Å². The summed E-state index contributed by atoms with van der Waals surface area (Å²) in [5.41, 5.74) is 0. The number of rotatable bonds is 11. The molecule has 0 aliphatic rings. The lowest BCUT2D eigenvalue weighted by Gasteiger charge is -2.12. The summed E-state index contributed by atoms with van der Waals surface area (Å²) < 4.78 is 0.971. The Morgan fingerprint density at radius 1 is 1.00 bits per heavy atom. The van der Waals surface area contributed by atoms with Crippen molar-refractivity contribution in [2.24, 2.45) is 0 Å². The zero-order chi connectivity index (χ0) is 14.5. The third-order valence-electron chi connectivity index (χ3n) is 2.88. The van der Waals surface area contributed by atoms with Crippen LogP contribution in [0.3, 0.4) is 0 Å². The molecule has 112 valence electrons. The van der Waals surface area contributed by atoms with E-state index in [0.29, 0.717) is 6.42 Å². The second-order valence-corrected chi connectivity index (χ2v) is 6.71. The fraction of sp³-hybridized carbons (Fsp3) is 0.857. The molecule has 0 unspecified atom stereocenters. The van der Waals surface area contributed by atoms with Crippen LogP contribution in [0.5, 0.6) is 0 Å². The summed E-state index contributed by atoms with van der Waals surface area (Å²) in [6, 6.07) is 0. The number of thioether (sulfide) groups is 1. The standard InChI is InChI=1S/C14H27NO2S2/c1-15(2)14(18)19-12-10-8-6-4-3-5-7-9-11-13(16)17/h3-12H2,1-2H3,(H,16,17). The smallest absolute Gasteiger partial charge is 0.303 e. The van der Waals surface area contributed by atoms with Crippen LogP contribution in [0.4, 0.5) is 0 Å². The zero-order valence-electron chi connectivity index (χ0n) is 12.2. The number of aliphatic carboxylic acids is 1. The lowest BCUT2D eigenvalue weighted by molar-refractivity contribution is -0.137. The van der Waals surface area contributed by atoms with Gasteiger partial charge in [0, 0.05) is 26.3 Å². The molecule has 1 N–H and O–H groups in total. The molecule has 0 spiro atoms. The van der Waals surface area contributed by atoms with Crippen molar-refractivity contribution in [1.82, 2.24) is 4.90 Å². The minimum atomic E-state index is -0.673. The molecule has 0 aromatic heterocycles. The molecule has 0 heterocycles. The zero-order valence-corrected chi connectivity index (χ0v) is 13.8. The predicted octanol–water partition coefficient (Wildman–Crippen LogP) is 4.16. The van der Waals surface area contributed by atoms with Gasteiger partial charge >= 0.3 is 5.97 Å². The van der Waals surface area contributed by atoms with Crippen molar-refractivity contribution in [1.29, 1.82) is 0 Å². The van der Waals surface area contributed by atoms with Gasteiger partial charge in [0.05, 0.1) is 0 Å². The summed E-state index contributed by atoms with van der Waals surface area (Å²) in [5, 5.41) is 8.50. The second-order valence-electron chi connectivity index (χ2n) is 4.98. The van der Waals surface area contributed by atoms with Gasteiger partial charge < -0.3 is 10.0 Å². The lowest BCUT2D eigenvalue weighted by Crippen LogP contribution is -2.16. The van der Waals surface area contributed by atoms with Crippen molar-refractivity contribution in [2.75, 3.05) is 19.8 Å². The highest BCUT2D eigenvalue weighted by atomic mass is 32.2. The predicted molar refractivity (Wildman–Crippen MR) is 87.9 cm³/mol. The monoisotopic (exact) mass is 305 g/mol. The normalized spacial score (nSPS) is 10.4. The van der Waals surface area contributed by atoms with Crippen LogP contribution in [0.15, 0.2) is 0 Å². The Labute approximate surface area is 127 Å². The molecular formula is C14H27NO2S2. The van der Waals surface area contributed by atoms with Gasteiger partial charge in [0.15, 0.2) is 0 Å². The minimum absolute atomic E-state index is 0.322. The van der Waals surface area contributed by atoms with E-state index in [1.54, 1.807) is 11.8 Å². The number of carboxylic acids is 1. The van der Waals surface area contributed by atoms with Crippen molar-refractivity contribution < 1.29 is 9.90 Å². The average Bonchev–Trinajstić information content (AvgIpc) is 2.35. The van der Waals surface area contributed by atoms with Crippen LogP contribution < -0.4 is 0 Å². The van der Waals surface area contributed by atoms with Gasteiger partial charge in [-0.3, -0.25) is 4.79 Å². The Balaban J connectivity index is 3.11. The van der Waals surface area contributed by atoms with Crippen LogP contribution in [-0.4, -0.2) is 40.1 Å². The van der Waals surface area contributed by atoms with Crippen LogP contribution in [-0.2, 0) is 4.79 Å². The quantitative estimate of drug-likeness (QED) is 0.458. The molecule has 0 saturated heterocycles. The van der Waals surface area contributed by atoms with E-state index in [1.807, 2.05) is 19.0 Å². The van der Waals surface area contributed by atoms with Gasteiger partial charge in [-0.1, -0.05) is 62.5 Å². The third kappa shape index (κ3) is 13.9. The molecule has 0 atom stereocenters. The van der Waals surface area contributed by atoms with Crippen molar-refractivity contribution in [3.63, 3.8) is 0 Å². The largest absolute Gasteiger partial charge is 0.481 e. The van der Waals surface area contributed by atoms with E-state index >= 15 is 0 Å². The first-order chi connectivity index (χ1) is 9.04. The van der Waals surface area contributed by atoms with Crippen LogP contribution in [0.2, 0.25) is 0 Å². The van der Waals surface area contributed by atoms with E-state index in [2.05, 4.69) is 0 Å². The molecule has 5 heteroatoms. The van der Waals surface area contributed by atoms with Gasteiger partial charge in [-0.25, -0.2) is 0 Å². The Kier molecular flexibility index (Phi) is 12.5. The SMILES string of the molecule is CN(C)C(=S)SCCCCCCCCCCC(=O)O. The van der Waals surface area contributed by atoms with E-state index in [9.17, 15) is 4.79 Å². The molecule has 0 aromatic rings. The van der Waals surface area contributed by atoms with Crippen LogP contribution >= 0.6 is 24.0 Å². The molecule has 0 saturated carbocycles. The van der Waals surface area contributed by atoms with E-state index in [1.165, 1.54) is 38.5 Å². The molecular weight excluding hydrogens is 278 g/mol. The maximum atomic E-state index is 10.3. The number of thiocarbonyl (C=S) groups is 1. The number of hydrogen-bond donors (Lipinski definition) is 1. The lowest BCUT2D eigenvalue weighted by atomic mass is 10.1. The van der Waals surface area contributed by atoms with Gasteiger partial charge in [-0.2, -0.15) is 0 Å². The first-order valence-corrected chi connectivity index (χ1v) is 8.49. The first-order valence-electron chi connectivity index (χ1n) is 7.10. The Bertz CT molecular complexity index is 258. The topological polar surface area (TPSA) is 40.5 Å². The van der Waals surface area contributed by atoms with Crippen LogP contribution in [0, 0.1) is 0 Å². The van der Waals surface area contributed by atoms with Gasteiger partial charge in [0.2, 0.25) is 0 Å². The van der Waals surface area contributed by atoms with Gasteiger partial charge in [0.25, 0.3) is 0 Å². The summed E-state index contributed by atoms with van der Waals surface area (Å²) in [4.78, 5) is 12.3. The van der Waals surface area contributed by atoms with E-state index in [4.69, 9.17) is 17.3 Å². The number of carboxylic acid groups (broad SMARTS) is 1. The third-order valence-corrected chi connectivity index (χ3v) is 4.70. The maximum Gasteiger partial charge on any atom is 0.303 e. The Morgan fingerprint density at radius 3 is 1.95 bits per heavy atom. The fourth-order valence-electron chi connectivity index (χ4n) is 1.73. The summed E-state index contributed by atoms with van der Waals surface area (Å²) in [6.45, 7) is 0. The molecule has 0 aromatic carbocycles. The first kappa shape index (κ1) is 18.7. The van der Waals surface area contributed by atoms with E-state index in [-0.39, 0.29) is 0 Å². The number of unbranched alkanes of at least 4 members (excludes halogenated alkanes) is 7. The summed E-state index contributed by atoms with van der Waals surface area (Å²) in [7, 11) is 3.97. The number of hydrogen-bond acceptors (Lipinski definition) is 3. The van der Waals surface area contributed by atoms with Crippen LogP contribution in [0.1, 0.15) is 57.8 Å². The fourth-order valence-corrected chi connectivity index (χ4v) is 2.76. The molecule has 0 aliphatic heterocycles. The average molecular weight is 306 g/mol. The van der Waals surface area contributed by atoms with Crippen LogP contribution in [0.25, 0.3) is 0 Å². The van der Waals surface area contributed by atoms with E-state index < -0.39 is 5.97 Å². The highest BCUT2D eigenvalue weighted by Gasteiger charge is 1.99. The molecule has 0 bridgehead atoms. The molecule has 0 radical (unpaired) electrons. The molecule has 0 rings (SSSR count).